The van der Waals surface area contributed by atoms with Crippen LogP contribution in [0.5, 0.6) is 0 Å². The van der Waals surface area contributed by atoms with Crippen LogP contribution in [0.1, 0.15) is 28.0 Å². The number of nitrogens with zero attached hydrogens (tertiary/aromatic N) is 3. The fourth-order valence-corrected chi connectivity index (χ4v) is 4.85. The summed E-state index contributed by atoms with van der Waals surface area (Å²) in [5.41, 5.74) is 4.65. The Morgan fingerprint density at radius 2 is 1.75 bits per heavy atom. The van der Waals surface area contributed by atoms with E-state index in [4.69, 9.17) is 0 Å². The zero-order valence-corrected chi connectivity index (χ0v) is 16.0. The molecular formula is C23H17N3OS. The molecule has 0 fully saturated rings. The number of nitriles is 1. The van der Waals surface area contributed by atoms with Gasteiger partial charge in [-0.05, 0) is 43.0 Å². The zero-order valence-electron chi connectivity index (χ0n) is 15.2. The van der Waals surface area contributed by atoms with E-state index in [9.17, 15) is 10.1 Å². The highest BCUT2D eigenvalue weighted by Crippen LogP contribution is 2.31. The van der Waals surface area contributed by atoms with E-state index in [1.807, 2.05) is 54.6 Å². The van der Waals surface area contributed by atoms with Crippen molar-refractivity contribution in [3.8, 4) is 6.07 Å². The lowest BCUT2D eigenvalue weighted by molar-refractivity contribution is 0.0951. The summed E-state index contributed by atoms with van der Waals surface area (Å²) in [6.45, 7) is 0. The molecule has 2 heterocycles. The molecule has 28 heavy (non-hydrogen) atoms. The highest BCUT2D eigenvalue weighted by molar-refractivity contribution is 8.00. The average molecular weight is 383 g/mol. The molecular weight excluding hydrogens is 366 g/mol. The lowest BCUT2D eigenvalue weighted by Gasteiger charge is -2.08. The number of rotatable bonds is 3. The molecule has 0 bridgehead atoms. The number of aryl methyl sites for hydroxylation is 2. The van der Waals surface area contributed by atoms with Gasteiger partial charge in [0, 0.05) is 16.5 Å². The molecule has 0 N–H and O–H groups in total. The zero-order chi connectivity index (χ0) is 19.1. The van der Waals surface area contributed by atoms with E-state index < -0.39 is 0 Å². The smallest absolute Gasteiger partial charge is 0.241 e. The molecule has 5 heteroatoms. The molecule has 0 amide bonds. The lowest BCUT2D eigenvalue weighted by atomic mass is 10.2. The van der Waals surface area contributed by atoms with Crippen molar-refractivity contribution in [2.45, 2.75) is 24.3 Å². The van der Waals surface area contributed by atoms with E-state index in [0.717, 1.165) is 46.8 Å². The van der Waals surface area contributed by atoms with E-state index in [1.165, 1.54) is 17.3 Å². The quantitative estimate of drug-likeness (QED) is 0.468. The van der Waals surface area contributed by atoms with Gasteiger partial charge in [0.2, 0.25) is 5.91 Å². The largest absolute Gasteiger partial charge is 0.279 e. The van der Waals surface area contributed by atoms with Gasteiger partial charge in [0.05, 0.1) is 22.3 Å². The molecule has 1 aliphatic carbocycles. The van der Waals surface area contributed by atoms with E-state index in [1.54, 1.807) is 4.57 Å². The molecule has 0 aliphatic heterocycles. The van der Waals surface area contributed by atoms with Gasteiger partial charge in [-0.2, -0.15) is 5.26 Å². The van der Waals surface area contributed by atoms with Crippen molar-refractivity contribution in [3.63, 3.8) is 0 Å². The lowest BCUT2D eigenvalue weighted by Crippen LogP contribution is -2.13. The summed E-state index contributed by atoms with van der Waals surface area (Å²) in [6, 6.07) is 20.1. The molecule has 4 aromatic rings. The van der Waals surface area contributed by atoms with Crippen LogP contribution in [0.15, 0.2) is 59.6 Å². The van der Waals surface area contributed by atoms with E-state index >= 15 is 0 Å². The minimum atomic E-state index is -0.00594. The molecule has 1 aliphatic rings. The predicted octanol–water partition coefficient (Wildman–Crippen LogP) is 4.98. The van der Waals surface area contributed by atoms with E-state index in [2.05, 4.69) is 11.1 Å². The standard InChI is InChI=1S/C23H17N3OS/c24-13-16-12-15-6-5-9-19(15)25-23(16)28-14-22(27)26-20-10-3-1-7-17(20)18-8-2-4-11-21(18)26/h1-4,7-8,10-12H,5-6,9,14H2. The van der Waals surface area contributed by atoms with Gasteiger partial charge in [-0.1, -0.05) is 48.2 Å². The number of fused-ring (bicyclic) bond motifs is 4. The second-order valence-corrected chi connectivity index (χ2v) is 7.93. The molecule has 4 nitrogen and oxygen atoms in total. The van der Waals surface area contributed by atoms with Gasteiger partial charge in [0.25, 0.3) is 0 Å². The first-order valence-corrected chi connectivity index (χ1v) is 10.3. The molecule has 0 unspecified atom stereocenters. The number of thioether (sulfide) groups is 1. The van der Waals surface area contributed by atoms with Crippen LogP contribution in [-0.4, -0.2) is 21.2 Å². The molecule has 0 spiro atoms. The van der Waals surface area contributed by atoms with E-state index in [0.29, 0.717) is 10.6 Å². The van der Waals surface area contributed by atoms with Gasteiger partial charge in [-0.25, -0.2) is 4.98 Å². The number of benzene rings is 2. The SMILES string of the molecule is N#Cc1cc2c(nc1SCC(=O)n1c3ccccc3c3ccccc31)CCC2. The van der Waals surface area contributed by atoms with Crippen LogP contribution in [0, 0.1) is 11.3 Å². The summed E-state index contributed by atoms with van der Waals surface area (Å²) in [4.78, 5) is 17.9. The Kier molecular flexibility index (Phi) is 4.14. The maximum atomic E-state index is 13.2. The minimum Gasteiger partial charge on any atom is -0.279 e. The van der Waals surface area contributed by atoms with Crippen LogP contribution < -0.4 is 0 Å². The summed E-state index contributed by atoms with van der Waals surface area (Å²) < 4.78 is 1.79. The number of pyridine rings is 1. The summed E-state index contributed by atoms with van der Waals surface area (Å²) in [6.07, 6.45) is 3.03. The second kappa shape index (κ2) is 6.81. The Balaban J connectivity index is 1.51. The Morgan fingerprint density at radius 3 is 2.43 bits per heavy atom. The van der Waals surface area contributed by atoms with Crippen LogP contribution in [-0.2, 0) is 12.8 Å². The fourth-order valence-electron chi connectivity index (χ4n) is 4.03. The average Bonchev–Trinajstić information content (AvgIpc) is 3.33. The van der Waals surface area contributed by atoms with E-state index in [-0.39, 0.29) is 11.7 Å². The summed E-state index contributed by atoms with van der Waals surface area (Å²) >= 11 is 1.36. The summed E-state index contributed by atoms with van der Waals surface area (Å²) in [5.74, 6) is 0.233. The Hall–Kier alpha value is -3.10. The van der Waals surface area contributed by atoms with Crippen LogP contribution in [0.4, 0.5) is 0 Å². The van der Waals surface area contributed by atoms with Crippen molar-refractivity contribution in [3.05, 3.63) is 71.4 Å². The number of para-hydroxylation sites is 2. The van der Waals surface area contributed by atoms with Crippen LogP contribution >= 0.6 is 11.8 Å². The van der Waals surface area contributed by atoms with Gasteiger partial charge in [0.1, 0.15) is 11.1 Å². The molecule has 0 saturated heterocycles. The maximum Gasteiger partial charge on any atom is 0.241 e. The monoisotopic (exact) mass is 383 g/mol. The van der Waals surface area contributed by atoms with Crippen molar-refractivity contribution in [1.29, 1.82) is 5.26 Å². The first-order valence-electron chi connectivity index (χ1n) is 9.33. The minimum absolute atomic E-state index is 0.00594. The Bertz CT molecular complexity index is 1230. The molecule has 136 valence electrons. The van der Waals surface area contributed by atoms with Crippen molar-refractivity contribution in [2.75, 3.05) is 5.75 Å². The molecule has 5 rings (SSSR count). The highest BCUT2D eigenvalue weighted by atomic mass is 32.2. The molecule has 2 aromatic heterocycles. The van der Waals surface area contributed by atoms with Crippen molar-refractivity contribution in [2.24, 2.45) is 0 Å². The van der Waals surface area contributed by atoms with Crippen LogP contribution in [0.3, 0.4) is 0 Å². The van der Waals surface area contributed by atoms with Crippen LogP contribution in [0.2, 0.25) is 0 Å². The maximum absolute atomic E-state index is 13.2. The molecule has 0 atom stereocenters. The second-order valence-electron chi connectivity index (χ2n) is 6.96. The Labute approximate surface area is 166 Å². The number of hydrogen-bond donors (Lipinski definition) is 0. The normalized spacial score (nSPS) is 13.0. The number of hydrogen-bond acceptors (Lipinski definition) is 4. The number of carbonyl (C=O) groups is 1. The van der Waals surface area contributed by atoms with Gasteiger partial charge in [-0.3, -0.25) is 9.36 Å². The topological polar surface area (TPSA) is 58.7 Å². The summed E-state index contributed by atoms with van der Waals surface area (Å²) in [5, 5.41) is 12.3. The third kappa shape index (κ3) is 2.69. The Morgan fingerprint density at radius 1 is 1.07 bits per heavy atom. The number of aromatic nitrogens is 2. The third-order valence-electron chi connectivity index (χ3n) is 5.30. The van der Waals surface area contributed by atoms with Crippen molar-refractivity contribution < 1.29 is 4.79 Å². The third-order valence-corrected chi connectivity index (χ3v) is 6.27. The van der Waals surface area contributed by atoms with Gasteiger partial charge >= 0.3 is 0 Å². The molecule has 0 radical (unpaired) electrons. The summed E-state index contributed by atoms with van der Waals surface area (Å²) in [7, 11) is 0. The van der Waals surface area contributed by atoms with Gasteiger partial charge in [0.15, 0.2) is 0 Å². The van der Waals surface area contributed by atoms with Crippen molar-refractivity contribution >= 4 is 39.5 Å². The molecule has 2 aromatic carbocycles. The van der Waals surface area contributed by atoms with Gasteiger partial charge < -0.3 is 0 Å². The van der Waals surface area contributed by atoms with Gasteiger partial charge in [-0.15, -0.1) is 0 Å². The van der Waals surface area contributed by atoms with Crippen LogP contribution in [0.25, 0.3) is 21.8 Å². The number of carbonyl (C=O) groups excluding carboxylic acids is 1. The molecule has 0 saturated carbocycles. The predicted molar refractivity (Wildman–Crippen MR) is 112 cm³/mol. The fraction of sp³-hybridized carbons (Fsp3) is 0.174. The first kappa shape index (κ1) is 17.0. The highest BCUT2D eigenvalue weighted by Gasteiger charge is 2.19. The first-order chi connectivity index (χ1) is 13.8. The van der Waals surface area contributed by atoms with Crippen molar-refractivity contribution in [1.82, 2.24) is 9.55 Å².